The summed E-state index contributed by atoms with van der Waals surface area (Å²) in [5.74, 6) is 0.581. The monoisotopic (exact) mass is 410 g/mol. The molecule has 3 aromatic rings. The lowest BCUT2D eigenvalue weighted by atomic mass is 9.93. The molecule has 3 heterocycles. The van der Waals surface area contributed by atoms with Crippen molar-refractivity contribution >= 4 is 33.3 Å². The number of nitrogens with zero attached hydrogens (tertiary/aromatic N) is 2. The number of aryl methyl sites for hydroxylation is 1. The van der Waals surface area contributed by atoms with Crippen LogP contribution in [0.5, 0.6) is 0 Å². The zero-order valence-electron chi connectivity index (χ0n) is 16.6. The van der Waals surface area contributed by atoms with Gasteiger partial charge in [0.1, 0.15) is 0 Å². The van der Waals surface area contributed by atoms with Crippen molar-refractivity contribution in [1.29, 1.82) is 0 Å². The topological polar surface area (TPSA) is 87.1 Å². The lowest BCUT2D eigenvalue weighted by molar-refractivity contribution is 0.0697. The van der Waals surface area contributed by atoms with E-state index in [4.69, 9.17) is 4.98 Å². The second-order valence-electron chi connectivity index (χ2n) is 7.66. The second kappa shape index (κ2) is 8.88. The van der Waals surface area contributed by atoms with Gasteiger partial charge in [-0.15, -0.1) is 11.3 Å². The van der Waals surface area contributed by atoms with E-state index in [2.05, 4.69) is 21.7 Å². The fourth-order valence-corrected chi connectivity index (χ4v) is 4.98. The number of hydrogen-bond acceptors (Lipinski definition) is 6. The molecule has 0 atom stereocenters. The summed E-state index contributed by atoms with van der Waals surface area (Å²) in [6, 6.07) is 7.29. The van der Waals surface area contributed by atoms with Gasteiger partial charge in [-0.05, 0) is 80.8 Å². The molecule has 0 saturated carbocycles. The molecule has 29 heavy (non-hydrogen) atoms. The number of carboxylic acids is 1. The molecule has 0 amide bonds. The molecule has 1 aliphatic heterocycles. The third-order valence-corrected chi connectivity index (χ3v) is 6.61. The van der Waals surface area contributed by atoms with Gasteiger partial charge in [0.05, 0.1) is 16.1 Å². The fourth-order valence-electron chi connectivity index (χ4n) is 3.82. The fraction of sp³-hybridized carbons (Fsp3) is 0.409. The Morgan fingerprint density at radius 3 is 2.93 bits per heavy atom. The van der Waals surface area contributed by atoms with Gasteiger partial charge in [0, 0.05) is 17.4 Å². The highest BCUT2D eigenvalue weighted by molar-refractivity contribution is 7.22. The van der Waals surface area contributed by atoms with Gasteiger partial charge in [-0.25, -0.2) is 14.8 Å². The quantitative estimate of drug-likeness (QED) is 0.495. The van der Waals surface area contributed by atoms with Crippen LogP contribution in [0.25, 0.3) is 20.7 Å². The maximum atomic E-state index is 11.2. The highest BCUT2D eigenvalue weighted by Crippen LogP contribution is 2.34. The molecular weight excluding hydrogens is 384 g/mol. The molecule has 4 rings (SSSR count). The van der Waals surface area contributed by atoms with E-state index in [1.54, 1.807) is 23.5 Å². The number of benzene rings is 1. The second-order valence-corrected chi connectivity index (χ2v) is 8.74. The van der Waals surface area contributed by atoms with Gasteiger partial charge in [-0.3, -0.25) is 0 Å². The number of aromatic nitrogens is 2. The lowest BCUT2D eigenvalue weighted by Crippen LogP contribution is -2.27. The molecule has 0 spiro atoms. The number of thiophene rings is 1. The van der Waals surface area contributed by atoms with Crippen LogP contribution in [-0.2, 0) is 0 Å². The number of piperidine rings is 1. The maximum Gasteiger partial charge on any atom is 0.335 e. The summed E-state index contributed by atoms with van der Waals surface area (Å²) in [7, 11) is 0. The molecule has 2 aromatic heterocycles. The first kappa shape index (κ1) is 19.8. The standard InChI is InChI=1S/C22H26N4O2S/c1-14-13-25-22(24-8-2-3-15-6-9-23-10-7-15)26-20(14)19-11-16-4-5-17(21(27)28)12-18(16)29-19/h4-5,11-13,15,23H,2-3,6-10H2,1H3,(H,27,28)(H,24,25,26). The molecule has 3 N–H and O–H groups in total. The zero-order chi connectivity index (χ0) is 20.2. The normalized spacial score (nSPS) is 14.9. The van der Waals surface area contributed by atoms with Gasteiger partial charge in [-0.1, -0.05) is 6.07 Å². The van der Waals surface area contributed by atoms with Crippen LogP contribution in [0, 0.1) is 12.8 Å². The maximum absolute atomic E-state index is 11.2. The van der Waals surface area contributed by atoms with Crippen molar-refractivity contribution in [3.8, 4) is 10.6 Å². The van der Waals surface area contributed by atoms with Crippen molar-refractivity contribution in [1.82, 2.24) is 15.3 Å². The smallest absolute Gasteiger partial charge is 0.335 e. The van der Waals surface area contributed by atoms with E-state index in [9.17, 15) is 9.90 Å². The first-order chi connectivity index (χ1) is 14.1. The molecule has 0 unspecified atom stereocenters. The Bertz CT molecular complexity index is 1010. The van der Waals surface area contributed by atoms with Crippen LogP contribution >= 0.6 is 11.3 Å². The van der Waals surface area contributed by atoms with Crippen molar-refractivity contribution in [3.63, 3.8) is 0 Å². The van der Waals surface area contributed by atoms with E-state index >= 15 is 0 Å². The Morgan fingerprint density at radius 2 is 2.14 bits per heavy atom. The van der Waals surface area contributed by atoms with Crippen molar-refractivity contribution in [2.45, 2.75) is 32.6 Å². The molecule has 1 fully saturated rings. The zero-order valence-corrected chi connectivity index (χ0v) is 17.4. The largest absolute Gasteiger partial charge is 0.478 e. The van der Waals surface area contributed by atoms with Crippen molar-refractivity contribution in [2.24, 2.45) is 5.92 Å². The van der Waals surface area contributed by atoms with Gasteiger partial charge in [0.2, 0.25) is 5.95 Å². The molecule has 6 nitrogen and oxygen atoms in total. The number of anilines is 1. The number of carboxylic acid groups (broad SMARTS) is 1. The summed E-state index contributed by atoms with van der Waals surface area (Å²) >= 11 is 1.56. The molecule has 1 aliphatic rings. The van der Waals surface area contributed by atoms with Crippen molar-refractivity contribution in [3.05, 3.63) is 41.6 Å². The minimum absolute atomic E-state index is 0.307. The average Bonchev–Trinajstić information content (AvgIpc) is 3.16. The van der Waals surface area contributed by atoms with Gasteiger partial charge >= 0.3 is 5.97 Å². The SMILES string of the molecule is Cc1cnc(NCCCC2CCNCC2)nc1-c1cc2ccc(C(=O)O)cc2s1. The third-order valence-electron chi connectivity index (χ3n) is 5.50. The number of nitrogens with one attached hydrogen (secondary N) is 2. The van der Waals surface area contributed by atoms with E-state index in [-0.39, 0.29) is 0 Å². The number of hydrogen-bond donors (Lipinski definition) is 3. The van der Waals surface area contributed by atoms with E-state index in [1.165, 1.54) is 19.3 Å². The third kappa shape index (κ3) is 4.74. The van der Waals surface area contributed by atoms with Gasteiger partial charge in [0.15, 0.2) is 0 Å². The first-order valence-electron chi connectivity index (χ1n) is 10.2. The Morgan fingerprint density at radius 1 is 1.31 bits per heavy atom. The van der Waals surface area contributed by atoms with Gasteiger partial charge in [-0.2, -0.15) is 0 Å². The summed E-state index contributed by atoms with van der Waals surface area (Å²) in [6.07, 6.45) is 6.78. The Balaban J connectivity index is 1.45. The highest BCUT2D eigenvalue weighted by Gasteiger charge is 2.14. The van der Waals surface area contributed by atoms with E-state index < -0.39 is 5.97 Å². The molecular formula is C22H26N4O2S. The Labute approximate surface area is 174 Å². The summed E-state index contributed by atoms with van der Waals surface area (Å²) in [6.45, 7) is 5.17. The van der Waals surface area contributed by atoms with Gasteiger partial charge < -0.3 is 15.7 Å². The molecule has 0 aliphatic carbocycles. The summed E-state index contributed by atoms with van der Waals surface area (Å²) < 4.78 is 0.953. The average molecular weight is 411 g/mol. The van der Waals surface area contributed by atoms with Crippen LogP contribution in [0.3, 0.4) is 0 Å². The van der Waals surface area contributed by atoms with Crippen LogP contribution in [0.2, 0.25) is 0 Å². The van der Waals surface area contributed by atoms with Crippen LogP contribution < -0.4 is 10.6 Å². The number of fused-ring (bicyclic) bond motifs is 1. The predicted molar refractivity (Wildman–Crippen MR) is 118 cm³/mol. The molecule has 1 saturated heterocycles. The van der Waals surface area contributed by atoms with Crippen LogP contribution in [0.4, 0.5) is 5.95 Å². The number of aromatic carboxylic acids is 1. The molecule has 7 heteroatoms. The van der Waals surface area contributed by atoms with E-state index in [0.717, 1.165) is 58.2 Å². The Hall–Kier alpha value is -2.51. The van der Waals surface area contributed by atoms with Crippen molar-refractivity contribution < 1.29 is 9.90 Å². The summed E-state index contributed by atoms with van der Waals surface area (Å²) in [5.41, 5.74) is 2.22. The minimum atomic E-state index is -0.906. The lowest BCUT2D eigenvalue weighted by Gasteiger charge is -2.22. The number of rotatable bonds is 7. The molecule has 1 aromatic carbocycles. The van der Waals surface area contributed by atoms with E-state index in [0.29, 0.717) is 11.5 Å². The summed E-state index contributed by atoms with van der Waals surface area (Å²) in [5, 5.41) is 17.0. The predicted octanol–water partition coefficient (Wildman–Crippen LogP) is 4.56. The van der Waals surface area contributed by atoms with Crippen LogP contribution in [-0.4, -0.2) is 40.7 Å². The van der Waals surface area contributed by atoms with Crippen molar-refractivity contribution in [2.75, 3.05) is 25.0 Å². The molecule has 0 bridgehead atoms. The minimum Gasteiger partial charge on any atom is -0.478 e. The highest BCUT2D eigenvalue weighted by atomic mass is 32.1. The molecule has 0 radical (unpaired) electrons. The first-order valence-corrected chi connectivity index (χ1v) is 11.0. The molecule has 152 valence electrons. The van der Waals surface area contributed by atoms with Gasteiger partial charge in [0.25, 0.3) is 0 Å². The van der Waals surface area contributed by atoms with Crippen LogP contribution in [0.15, 0.2) is 30.5 Å². The number of carbonyl (C=O) groups is 1. The van der Waals surface area contributed by atoms with E-state index in [1.807, 2.05) is 19.2 Å². The Kier molecular flexibility index (Phi) is 6.06. The van der Waals surface area contributed by atoms with Crippen LogP contribution in [0.1, 0.15) is 41.6 Å². The summed E-state index contributed by atoms with van der Waals surface area (Å²) in [4.78, 5) is 21.4.